The molecule has 0 aliphatic heterocycles. The molecule has 3 aromatic heterocycles. The van der Waals surface area contributed by atoms with Crippen molar-refractivity contribution in [1.82, 2.24) is 19.4 Å². The van der Waals surface area contributed by atoms with Crippen molar-refractivity contribution in [2.45, 2.75) is 13.8 Å². The molecule has 3 heterocycles. The summed E-state index contributed by atoms with van der Waals surface area (Å²) < 4.78 is 1.98. The Labute approximate surface area is 148 Å². The van der Waals surface area contributed by atoms with Crippen LogP contribution in [-0.2, 0) is 0 Å². The Morgan fingerprint density at radius 3 is 2.96 bits per heavy atom. The van der Waals surface area contributed by atoms with Crippen LogP contribution in [0, 0.1) is 13.8 Å². The van der Waals surface area contributed by atoms with E-state index in [-0.39, 0.29) is 5.91 Å². The molecule has 0 aliphatic rings. The third-order valence-corrected chi connectivity index (χ3v) is 4.83. The Morgan fingerprint density at radius 1 is 1.24 bits per heavy atom. The van der Waals surface area contributed by atoms with E-state index in [1.54, 1.807) is 11.3 Å². The smallest absolute Gasteiger partial charge is 0.274 e. The zero-order valence-corrected chi connectivity index (χ0v) is 14.5. The number of nitrogens with one attached hydrogen (secondary N) is 1. The van der Waals surface area contributed by atoms with Crippen molar-refractivity contribution < 1.29 is 4.79 Å². The number of anilines is 1. The standard InChI is InChI=1S/C18H15N5OS/c1-11-12(2)19-10-20-16(11)17(24)21-14-5-3-4-13(8-14)15-9-23-6-7-25-18(23)22-15/h3-10H,1-2H3,(H,21,24). The molecule has 25 heavy (non-hydrogen) atoms. The second-order valence-corrected chi connectivity index (χ2v) is 6.56. The first kappa shape index (κ1) is 15.5. The fourth-order valence-electron chi connectivity index (χ4n) is 2.58. The molecule has 124 valence electrons. The van der Waals surface area contributed by atoms with Gasteiger partial charge < -0.3 is 5.32 Å². The minimum absolute atomic E-state index is 0.244. The summed E-state index contributed by atoms with van der Waals surface area (Å²) in [6, 6.07) is 7.63. The second-order valence-electron chi connectivity index (χ2n) is 5.69. The van der Waals surface area contributed by atoms with Gasteiger partial charge in [-0.25, -0.2) is 15.0 Å². The maximum absolute atomic E-state index is 12.5. The molecule has 6 nitrogen and oxygen atoms in total. The van der Waals surface area contributed by atoms with Gasteiger partial charge >= 0.3 is 0 Å². The van der Waals surface area contributed by atoms with Crippen molar-refractivity contribution in [3.8, 4) is 11.3 Å². The van der Waals surface area contributed by atoms with Gasteiger partial charge in [0.25, 0.3) is 5.91 Å². The first-order valence-electron chi connectivity index (χ1n) is 7.74. The number of hydrogen-bond donors (Lipinski definition) is 1. The molecule has 4 aromatic rings. The number of carbonyl (C=O) groups excluding carboxylic acids is 1. The number of fused-ring (bicyclic) bond motifs is 1. The molecule has 1 aromatic carbocycles. The van der Waals surface area contributed by atoms with Crippen molar-refractivity contribution >= 4 is 27.9 Å². The highest BCUT2D eigenvalue weighted by atomic mass is 32.1. The maximum atomic E-state index is 12.5. The van der Waals surface area contributed by atoms with Crippen LogP contribution >= 0.6 is 11.3 Å². The van der Waals surface area contributed by atoms with E-state index in [4.69, 9.17) is 0 Å². The van der Waals surface area contributed by atoms with Crippen molar-refractivity contribution in [1.29, 1.82) is 0 Å². The van der Waals surface area contributed by atoms with Crippen molar-refractivity contribution in [2.75, 3.05) is 5.32 Å². The number of amides is 1. The highest BCUT2D eigenvalue weighted by Gasteiger charge is 2.13. The summed E-state index contributed by atoms with van der Waals surface area (Å²) in [5.74, 6) is -0.244. The Kier molecular flexibility index (Phi) is 3.77. The molecule has 1 amide bonds. The summed E-state index contributed by atoms with van der Waals surface area (Å²) in [6.45, 7) is 3.71. The summed E-state index contributed by atoms with van der Waals surface area (Å²) in [7, 11) is 0. The Balaban J connectivity index is 1.62. The molecule has 0 radical (unpaired) electrons. The van der Waals surface area contributed by atoms with Crippen molar-refractivity contribution in [2.24, 2.45) is 0 Å². The molecular formula is C18H15N5OS. The zero-order valence-electron chi connectivity index (χ0n) is 13.7. The molecule has 1 N–H and O–H groups in total. The average molecular weight is 349 g/mol. The van der Waals surface area contributed by atoms with Gasteiger partial charge in [-0.3, -0.25) is 9.20 Å². The van der Waals surface area contributed by atoms with E-state index in [1.807, 2.05) is 60.3 Å². The van der Waals surface area contributed by atoms with E-state index in [2.05, 4.69) is 20.3 Å². The molecule has 0 saturated heterocycles. The third kappa shape index (κ3) is 2.89. The van der Waals surface area contributed by atoms with Crippen LogP contribution in [0.3, 0.4) is 0 Å². The molecule has 0 spiro atoms. The Hall–Kier alpha value is -3.06. The minimum atomic E-state index is -0.244. The number of aryl methyl sites for hydroxylation is 1. The number of imidazole rings is 1. The van der Waals surface area contributed by atoms with E-state index >= 15 is 0 Å². The van der Waals surface area contributed by atoms with Crippen molar-refractivity contribution in [3.05, 3.63) is 65.3 Å². The van der Waals surface area contributed by atoms with Crippen LogP contribution < -0.4 is 5.32 Å². The molecule has 7 heteroatoms. The van der Waals surface area contributed by atoms with Crippen LogP contribution in [0.15, 0.2) is 48.4 Å². The summed E-state index contributed by atoms with van der Waals surface area (Å²) in [4.78, 5) is 26.2. The van der Waals surface area contributed by atoms with Crippen LogP contribution in [0.5, 0.6) is 0 Å². The van der Waals surface area contributed by atoms with Crippen molar-refractivity contribution in [3.63, 3.8) is 0 Å². The maximum Gasteiger partial charge on any atom is 0.274 e. The largest absolute Gasteiger partial charge is 0.321 e. The van der Waals surface area contributed by atoms with Crippen LogP contribution in [0.2, 0.25) is 0 Å². The third-order valence-electron chi connectivity index (χ3n) is 4.06. The number of aromatic nitrogens is 4. The predicted octanol–water partition coefficient (Wildman–Crippen LogP) is 3.72. The molecule has 0 bridgehead atoms. The Morgan fingerprint density at radius 2 is 2.12 bits per heavy atom. The quantitative estimate of drug-likeness (QED) is 0.612. The van der Waals surface area contributed by atoms with E-state index in [1.165, 1.54) is 6.33 Å². The van der Waals surface area contributed by atoms with Crippen LogP contribution in [0.4, 0.5) is 5.69 Å². The van der Waals surface area contributed by atoms with Gasteiger partial charge in [-0.1, -0.05) is 12.1 Å². The lowest BCUT2D eigenvalue weighted by atomic mass is 10.1. The molecule has 0 saturated carbocycles. The van der Waals surface area contributed by atoms with Gasteiger partial charge in [-0.05, 0) is 26.0 Å². The highest BCUT2D eigenvalue weighted by molar-refractivity contribution is 7.15. The average Bonchev–Trinajstić information content (AvgIpc) is 3.19. The number of benzene rings is 1. The lowest BCUT2D eigenvalue weighted by Crippen LogP contribution is -2.16. The fraction of sp³-hybridized carbons (Fsp3) is 0.111. The Bertz CT molecular complexity index is 1050. The van der Waals surface area contributed by atoms with Crippen LogP contribution in [0.1, 0.15) is 21.7 Å². The number of thiazole rings is 1. The summed E-state index contributed by atoms with van der Waals surface area (Å²) in [5.41, 5.74) is 4.49. The van der Waals surface area contributed by atoms with Gasteiger partial charge in [0.15, 0.2) is 4.96 Å². The first-order chi connectivity index (χ1) is 12.1. The van der Waals surface area contributed by atoms with Gasteiger partial charge in [0.2, 0.25) is 0 Å². The SMILES string of the molecule is Cc1ncnc(C(=O)Nc2cccc(-c3cn4ccsc4n3)c2)c1C. The predicted molar refractivity (Wildman–Crippen MR) is 98.0 cm³/mol. The monoisotopic (exact) mass is 349 g/mol. The van der Waals surface area contributed by atoms with Gasteiger partial charge in [-0.2, -0.15) is 0 Å². The molecule has 0 fully saturated rings. The number of carbonyl (C=O) groups is 1. The fourth-order valence-corrected chi connectivity index (χ4v) is 3.28. The van der Waals surface area contributed by atoms with Gasteiger partial charge in [0, 0.05) is 40.3 Å². The lowest BCUT2D eigenvalue weighted by Gasteiger charge is -2.08. The van der Waals surface area contributed by atoms with Gasteiger partial charge in [0.1, 0.15) is 12.0 Å². The summed E-state index contributed by atoms with van der Waals surface area (Å²) in [6.07, 6.45) is 5.36. The lowest BCUT2D eigenvalue weighted by molar-refractivity contribution is 0.102. The highest BCUT2D eigenvalue weighted by Crippen LogP contribution is 2.24. The minimum Gasteiger partial charge on any atom is -0.321 e. The van der Waals surface area contributed by atoms with Crippen LogP contribution in [-0.4, -0.2) is 25.3 Å². The van der Waals surface area contributed by atoms with Gasteiger partial charge in [-0.15, -0.1) is 11.3 Å². The van der Waals surface area contributed by atoms with Gasteiger partial charge in [0.05, 0.1) is 5.69 Å². The van der Waals surface area contributed by atoms with E-state index in [0.717, 1.165) is 27.5 Å². The summed E-state index contributed by atoms with van der Waals surface area (Å²) >= 11 is 1.59. The normalized spacial score (nSPS) is 11.0. The summed E-state index contributed by atoms with van der Waals surface area (Å²) in [5, 5.41) is 4.90. The van der Waals surface area contributed by atoms with Crippen LogP contribution in [0.25, 0.3) is 16.2 Å². The molecule has 4 rings (SSSR count). The zero-order chi connectivity index (χ0) is 17.4. The number of nitrogens with zero attached hydrogens (tertiary/aromatic N) is 4. The van der Waals surface area contributed by atoms with E-state index in [9.17, 15) is 4.79 Å². The first-order valence-corrected chi connectivity index (χ1v) is 8.62. The van der Waals surface area contributed by atoms with E-state index in [0.29, 0.717) is 11.4 Å². The molecule has 0 unspecified atom stereocenters. The molecule has 0 atom stereocenters. The molecule has 0 aliphatic carbocycles. The topological polar surface area (TPSA) is 72.2 Å². The van der Waals surface area contributed by atoms with E-state index < -0.39 is 0 Å². The number of rotatable bonds is 3. The number of hydrogen-bond acceptors (Lipinski definition) is 5. The second kappa shape index (κ2) is 6.10. The molecular weight excluding hydrogens is 334 g/mol.